The van der Waals surface area contributed by atoms with Gasteiger partial charge in [0.15, 0.2) is 0 Å². The van der Waals surface area contributed by atoms with E-state index in [1.54, 1.807) is 0 Å². The van der Waals surface area contributed by atoms with Crippen LogP contribution in [-0.2, 0) is 0 Å². The summed E-state index contributed by atoms with van der Waals surface area (Å²) in [7, 11) is -2.17. The molecule has 4 heteroatoms. The quantitative estimate of drug-likeness (QED) is 0.439. The van der Waals surface area contributed by atoms with Crippen molar-refractivity contribution in [3.8, 4) is 0 Å². The molecule has 0 rings (SSSR count). The lowest BCUT2D eigenvalue weighted by molar-refractivity contribution is 0.278. The van der Waals surface area contributed by atoms with Gasteiger partial charge in [-0.1, -0.05) is 65.2 Å². The second-order valence-corrected chi connectivity index (χ2v) is 3.47. The molecule has 0 atom stereocenters. The minimum Gasteiger partial charge on any atom is -0.402 e. The topological polar surface area (TPSA) is 60.7 Å². The number of rotatable bonds is 7. The van der Waals surface area contributed by atoms with E-state index in [-0.39, 0.29) is 0 Å². The van der Waals surface area contributed by atoms with Gasteiger partial charge in [-0.25, -0.2) is 0 Å². The second kappa shape index (κ2) is 15.4. The molecule has 0 saturated carbocycles. The lowest BCUT2D eigenvalue weighted by Gasteiger charge is -1.97. The molecule has 0 aliphatic carbocycles. The van der Waals surface area contributed by atoms with Crippen molar-refractivity contribution in [2.45, 2.75) is 65.2 Å². The fourth-order valence-corrected chi connectivity index (χ4v) is 1.21. The molecular weight excluding hydrogens is 179 g/mol. The third-order valence-electron chi connectivity index (χ3n) is 1.96. The van der Waals surface area contributed by atoms with E-state index in [1.807, 2.05) is 0 Å². The van der Waals surface area contributed by atoms with Crippen LogP contribution in [0.1, 0.15) is 65.2 Å². The Morgan fingerprint density at radius 1 is 0.643 bits per heavy atom. The van der Waals surface area contributed by atoms with Gasteiger partial charge in [0.05, 0.1) is 0 Å². The van der Waals surface area contributed by atoms with Gasteiger partial charge < -0.3 is 15.1 Å². The van der Waals surface area contributed by atoms with Crippen LogP contribution >= 0.6 is 0 Å². The monoisotopic (exact) mass is 204 g/mol. The molecule has 0 saturated heterocycles. The Hall–Kier alpha value is -0.0551. The van der Waals surface area contributed by atoms with Crippen molar-refractivity contribution in [3.05, 3.63) is 0 Å². The van der Waals surface area contributed by atoms with Crippen LogP contribution in [0.3, 0.4) is 0 Å². The first kappa shape index (κ1) is 16.4. The SMILES string of the molecule is CCCCCCCCCC.OB(O)O. The first-order valence-electron chi connectivity index (χ1n) is 5.69. The molecule has 0 amide bonds. The van der Waals surface area contributed by atoms with Crippen LogP contribution in [0.2, 0.25) is 0 Å². The predicted octanol–water partition coefficient (Wildman–Crippen LogP) is 2.10. The van der Waals surface area contributed by atoms with E-state index in [4.69, 9.17) is 15.1 Å². The standard InChI is InChI=1S/C10H22.BH3O3/c1-3-5-7-9-10-8-6-4-2;2-1(3)4/h3-10H2,1-2H3;2-4H. The van der Waals surface area contributed by atoms with Gasteiger partial charge in [0.2, 0.25) is 0 Å². The van der Waals surface area contributed by atoms with Crippen LogP contribution in [0.5, 0.6) is 0 Å². The fraction of sp³-hybridized carbons (Fsp3) is 1.00. The van der Waals surface area contributed by atoms with E-state index in [2.05, 4.69) is 13.8 Å². The maximum Gasteiger partial charge on any atom is 0.631 e. The van der Waals surface area contributed by atoms with Gasteiger partial charge in [0.1, 0.15) is 0 Å². The van der Waals surface area contributed by atoms with E-state index in [0.717, 1.165) is 0 Å². The average Bonchev–Trinajstić information content (AvgIpc) is 2.10. The number of unbranched alkanes of at least 4 members (excludes halogenated alkanes) is 7. The molecule has 0 radical (unpaired) electrons. The minimum atomic E-state index is -2.17. The largest absolute Gasteiger partial charge is 0.631 e. The van der Waals surface area contributed by atoms with Crippen LogP contribution in [-0.4, -0.2) is 22.4 Å². The Balaban J connectivity index is 0. The summed E-state index contributed by atoms with van der Waals surface area (Å²) >= 11 is 0. The van der Waals surface area contributed by atoms with Crippen LogP contribution in [0.15, 0.2) is 0 Å². The summed E-state index contributed by atoms with van der Waals surface area (Å²) in [5.41, 5.74) is 0. The molecule has 14 heavy (non-hydrogen) atoms. The van der Waals surface area contributed by atoms with Crippen molar-refractivity contribution < 1.29 is 15.1 Å². The molecule has 0 fully saturated rings. The molecule has 0 aliphatic heterocycles. The molecule has 0 aromatic heterocycles. The first-order chi connectivity index (χ1) is 6.65. The van der Waals surface area contributed by atoms with Gasteiger partial charge in [0.25, 0.3) is 0 Å². The second-order valence-electron chi connectivity index (χ2n) is 3.47. The van der Waals surface area contributed by atoms with Crippen molar-refractivity contribution >= 4 is 7.32 Å². The molecule has 0 aromatic carbocycles. The molecular formula is C10H25BO3. The molecule has 0 unspecified atom stereocenters. The van der Waals surface area contributed by atoms with Gasteiger partial charge in [-0.2, -0.15) is 0 Å². The van der Waals surface area contributed by atoms with Crippen LogP contribution in [0.4, 0.5) is 0 Å². The molecule has 86 valence electrons. The Bertz CT molecular complexity index is 78.7. The van der Waals surface area contributed by atoms with Gasteiger partial charge in [-0.05, 0) is 0 Å². The highest BCUT2D eigenvalue weighted by molar-refractivity contribution is 6.30. The normalized spacial score (nSPS) is 9.21. The summed E-state index contributed by atoms with van der Waals surface area (Å²) < 4.78 is 0. The highest BCUT2D eigenvalue weighted by Gasteiger charge is 1.92. The Morgan fingerprint density at radius 2 is 0.857 bits per heavy atom. The maximum absolute atomic E-state index is 7.17. The zero-order chi connectivity index (χ0) is 11.2. The van der Waals surface area contributed by atoms with E-state index in [1.165, 1.54) is 51.4 Å². The van der Waals surface area contributed by atoms with Gasteiger partial charge in [-0.15, -0.1) is 0 Å². The molecule has 0 aromatic rings. The lowest BCUT2D eigenvalue weighted by atomic mass is 10.1. The molecule has 0 aliphatic rings. The van der Waals surface area contributed by atoms with Gasteiger partial charge in [0, 0.05) is 0 Å². The summed E-state index contributed by atoms with van der Waals surface area (Å²) in [6.45, 7) is 4.54. The molecule has 0 spiro atoms. The van der Waals surface area contributed by atoms with Crippen molar-refractivity contribution in [2.75, 3.05) is 0 Å². The highest BCUT2D eigenvalue weighted by atomic mass is 16.5. The number of hydrogen-bond acceptors (Lipinski definition) is 3. The van der Waals surface area contributed by atoms with Crippen LogP contribution < -0.4 is 0 Å². The maximum atomic E-state index is 7.17. The number of hydrogen-bond donors (Lipinski definition) is 3. The zero-order valence-corrected chi connectivity index (χ0v) is 9.58. The van der Waals surface area contributed by atoms with E-state index in [0.29, 0.717) is 0 Å². The van der Waals surface area contributed by atoms with E-state index >= 15 is 0 Å². The van der Waals surface area contributed by atoms with E-state index < -0.39 is 7.32 Å². The lowest BCUT2D eigenvalue weighted by Crippen LogP contribution is -2.07. The summed E-state index contributed by atoms with van der Waals surface area (Å²) in [5.74, 6) is 0. The van der Waals surface area contributed by atoms with E-state index in [9.17, 15) is 0 Å². The Morgan fingerprint density at radius 3 is 1.07 bits per heavy atom. The summed E-state index contributed by atoms with van der Waals surface area (Å²) in [6.07, 6.45) is 11.5. The van der Waals surface area contributed by atoms with Crippen molar-refractivity contribution in [1.82, 2.24) is 0 Å². The molecule has 0 heterocycles. The molecule has 0 bridgehead atoms. The third-order valence-corrected chi connectivity index (χ3v) is 1.96. The van der Waals surface area contributed by atoms with Gasteiger partial charge >= 0.3 is 7.32 Å². The molecule has 3 N–H and O–H groups in total. The average molecular weight is 204 g/mol. The smallest absolute Gasteiger partial charge is 0.402 e. The van der Waals surface area contributed by atoms with Gasteiger partial charge in [-0.3, -0.25) is 0 Å². The summed E-state index contributed by atoms with van der Waals surface area (Å²) in [5, 5.41) is 21.5. The Labute approximate surface area is 88.3 Å². The third kappa shape index (κ3) is 29.7. The zero-order valence-electron chi connectivity index (χ0n) is 9.58. The highest BCUT2D eigenvalue weighted by Crippen LogP contribution is 2.07. The van der Waals surface area contributed by atoms with Crippen molar-refractivity contribution in [2.24, 2.45) is 0 Å². The molecule has 3 nitrogen and oxygen atoms in total. The van der Waals surface area contributed by atoms with Crippen LogP contribution in [0, 0.1) is 0 Å². The minimum absolute atomic E-state index is 1.37. The fourth-order valence-electron chi connectivity index (χ4n) is 1.21. The summed E-state index contributed by atoms with van der Waals surface area (Å²) in [4.78, 5) is 0. The Kier molecular flexibility index (Phi) is 18.0. The first-order valence-corrected chi connectivity index (χ1v) is 5.69. The van der Waals surface area contributed by atoms with Crippen molar-refractivity contribution in [1.29, 1.82) is 0 Å². The summed E-state index contributed by atoms with van der Waals surface area (Å²) in [6, 6.07) is 0. The predicted molar refractivity (Wildman–Crippen MR) is 60.7 cm³/mol. The van der Waals surface area contributed by atoms with Crippen molar-refractivity contribution in [3.63, 3.8) is 0 Å². The van der Waals surface area contributed by atoms with Crippen LogP contribution in [0.25, 0.3) is 0 Å².